The predicted octanol–water partition coefficient (Wildman–Crippen LogP) is 5.72. The third kappa shape index (κ3) is 2.77. The van der Waals surface area contributed by atoms with E-state index >= 15 is 0 Å². The molecule has 1 aliphatic carbocycles. The minimum atomic E-state index is -0.347. The predicted molar refractivity (Wildman–Crippen MR) is 85.0 cm³/mol. The van der Waals surface area contributed by atoms with Crippen molar-refractivity contribution in [3.63, 3.8) is 0 Å². The van der Waals surface area contributed by atoms with Crippen molar-refractivity contribution in [2.45, 2.75) is 24.1 Å². The average Bonchev–Trinajstić information content (AvgIpc) is 2.46. The summed E-state index contributed by atoms with van der Waals surface area (Å²) >= 11 is 9.70. The van der Waals surface area contributed by atoms with Gasteiger partial charge < -0.3 is 0 Å². The molecule has 0 saturated carbocycles. The number of fused-ring (bicyclic) bond motifs is 1. The van der Waals surface area contributed by atoms with Gasteiger partial charge in [0.05, 0.1) is 5.02 Å². The summed E-state index contributed by atoms with van der Waals surface area (Å²) in [5, 5.41) is 0.213. The lowest BCUT2D eigenvalue weighted by molar-refractivity contribution is 0.452. The Morgan fingerprint density at radius 2 is 2.00 bits per heavy atom. The Hall–Kier alpha value is -0.860. The third-order valence-electron chi connectivity index (χ3n) is 4.03. The Morgan fingerprint density at radius 3 is 2.80 bits per heavy atom. The van der Waals surface area contributed by atoms with E-state index in [0.29, 0.717) is 10.7 Å². The lowest BCUT2D eigenvalue weighted by Crippen LogP contribution is -2.18. The zero-order valence-corrected chi connectivity index (χ0v) is 13.3. The van der Waals surface area contributed by atoms with Crippen molar-refractivity contribution in [2.24, 2.45) is 5.92 Å². The van der Waals surface area contributed by atoms with Gasteiger partial charge >= 0.3 is 0 Å². The van der Waals surface area contributed by atoms with Gasteiger partial charge in [-0.15, -0.1) is 0 Å². The van der Waals surface area contributed by atoms with Crippen LogP contribution in [0, 0.1) is 11.7 Å². The maximum absolute atomic E-state index is 13.2. The van der Waals surface area contributed by atoms with E-state index in [4.69, 9.17) is 11.6 Å². The highest BCUT2D eigenvalue weighted by Gasteiger charge is 2.27. The van der Waals surface area contributed by atoms with Crippen molar-refractivity contribution in [1.82, 2.24) is 0 Å². The van der Waals surface area contributed by atoms with Gasteiger partial charge in [0.15, 0.2) is 0 Å². The second kappa shape index (κ2) is 5.87. The number of hydrogen-bond donors (Lipinski definition) is 0. The molecular formula is C17H15BrClF. The molecule has 2 aromatic rings. The molecule has 3 rings (SSSR count). The molecule has 0 nitrogen and oxygen atoms in total. The van der Waals surface area contributed by atoms with Gasteiger partial charge in [0.1, 0.15) is 5.82 Å². The number of alkyl halides is 1. The number of halogens is 3. The topological polar surface area (TPSA) is 0 Å². The molecule has 104 valence electrons. The largest absolute Gasteiger partial charge is 0.205 e. The molecule has 0 fully saturated rings. The zero-order valence-electron chi connectivity index (χ0n) is 11.0. The Kier molecular flexibility index (Phi) is 4.13. The van der Waals surface area contributed by atoms with E-state index in [1.165, 1.54) is 17.2 Å². The van der Waals surface area contributed by atoms with Gasteiger partial charge in [0.2, 0.25) is 0 Å². The van der Waals surface area contributed by atoms with Crippen LogP contribution in [0.25, 0.3) is 0 Å². The monoisotopic (exact) mass is 352 g/mol. The van der Waals surface area contributed by atoms with Gasteiger partial charge in [-0.1, -0.05) is 57.9 Å². The van der Waals surface area contributed by atoms with E-state index in [-0.39, 0.29) is 10.8 Å². The van der Waals surface area contributed by atoms with Crippen LogP contribution in [0.2, 0.25) is 5.02 Å². The molecule has 0 radical (unpaired) electrons. The molecule has 0 saturated heterocycles. The zero-order chi connectivity index (χ0) is 14.1. The third-order valence-corrected chi connectivity index (χ3v) is 5.56. The van der Waals surface area contributed by atoms with Gasteiger partial charge in [-0.2, -0.15) is 0 Å². The van der Waals surface area contributed by atoms with Gasteiger partial charge in [-0.25, -0.2) is 4.39 Å². The van der Waals surface area contributed by atoms with Gasteiger partial charge in [-0.05, 0) is 54.0 Å². The first kappa shape index (κ1) is 14.1. The quantitative estimate of drug-likeness (QED) is 0.606. The van der Waals surface area contributed by atoms with Crippen molar-refractivity contribution < 1.29 is 4.39 Å². The Balaban J connectivity index is 1.81. The average molecular weight is 354 g/mol. The Bertz CT molecular complexity index is 626. The van der Waals surface area contributed by atoms with Crippen molar-refractivity contribution in [3.05, 3.63) is 70.0 Å². The maximum Gasteiger partial charge on any atom is 0.141 e. The maximum atomic E-state index is 13.2. The summed E-state index contributed by atoms with van der Waals surface area (Å²) in [5.41, 5.74) is 3.92. The van der Waals surface area contributed by atoms with Crippen LogP contribution in [0.1, 0.15) is 27.9 Å². The minimum Gasteiger partial charge on any atom is -0.205 e. The van der Waals surface area contributed by atoms with Gasteiger partial charge in [0, 0.05) is 4.83 Å². The fourth-order valence-corrected chi connectivity index (χ4v) is 4.05. The van der Waals surface area contributed by atoms with Crippen molar-refractivity contribution in [2.75, 3.05) is 0 Å². The summed E-state index contributed by atoms with van der Waals surface area (Å²) in [5.74, 6) is 0.172. The number of rotatable bonds is 2. The summed E-state index contributed by atoms with van der Waals surface area (Å²) in [4.78, 5) is 0.358. The minimum absolute atomic E-state index is 0.213. The number of aryl methyl sites for hydroxylation is 1. The SMILES string of the molecule is Fc1ccc(CC2CCc3ccccc3C2Br)cc1Cl. The summed E-state index contributed by atoms with van der Waals surface area (Å²) in [6.07, 6.45) is 3.17. The lowest BCUT2D eigenvalue weighted by atomic mass is 9.81. The van der Waals surface area contributed by atoms with Crippen LogP contribution in [0.3, 0.4) is 0 Å². The van der Waals surface area contributed by atoms with E-state index in [0.717, 1.165) is 24.8 Å². The molecule has 0 spiro atoms. The first-order valence-electron chi connectivity index (χ1n) is 6.81. The molecule has 0 N–H and O–H groups in total. The van der Waals surface area contributed by atoms with Crippen LogP contribution in [0.4, 0.5) is 4.39 Å². The standard InChI is InChI=1S/C17H15BrClF/c18-17-13(7-6-12-3-1-2-4-14(12)17)9-11-5-8-16(20)15(19)10-11/h1-5,8,10,13,17H,6-7,9H2. The second-order valence-electron chi connectivity index (χ2n) is 5.35. The molecule has 0 amide bonds. The normalized spacial score (nSPS) is 21.6. The fraction of sp³-hybridized carbons (Fsp3) is 0.294. The van der Waals surface area contributed by atoms with Crippen molar-refractivity contribution >= 4 is 27.5 Å². The molecule has 2 aromatic carbocycles. The molecule has 1 aliphatic rings. The van der Waals surface area contributed by atoms with Gasteiger partial charge in [0.25, 0.3) is 0 Å². The summed E-state index contributed by atoms with van der Waals surface area (Å²) in [6, 6.07) is 13.6. The number of hydrogen-bond acceptors (Lipinski definition) is 0. The van der Waals surface area contributed by atoms with Crippen LogP contribution in [0.15, 0.2) is 42.5 Å². The molecular weight excluding hydrogens is 339 g/mol. The Labute approximate surface area is 132 Å². The Morgan fingerprint density at radius 1 is 1.20 bits per heavy atom. The van der Waals surface area contributed by atoms with E-state index < -0.39 is 0 Å². The first-order chi connectivity index (χ1) is 9.65. The molecule has 2 unspecified atom stereocenters. The molecule has 0 aliphatic heterocycles. The summed E-state index contributed by atoms with van der Waals surface area (Å²) in [7, 11) is 0. The van der Waals surface area contributed by atoms with Crippen LogP contribution < -0.4 is 0 Å². The van der Waals surface area contributed by atoms with Crippen LogP contribution in [-0.2, 0) is 12.8 Å². The fourth-order valence-electron chi connectivity index (χ4n) is 2.95. The first-order valence-corrected chi connectivity index (χ1v) is 8.10. The molecule has 2 atom stereocenters. The van der Waals surface area contributed by atoms with Crippen molar-refractivity contribution in [3.8, 4) is 0 Å². The molecule has 0 heterocycles. The smallest absolute Gasteiger partial charge is 0.141 e. The summed E-state index contributed by atoms with van der Waals surface area (Å²) in [6.45, 7) is 0. The van der Waals surface area contributed by atoms with E-state index in [1.54, 1.807) is 6.07 Å². The van der Waals surface area contributed by atoms with Gasteiger partial charge in [-0.3, -0.25) is 0 Å². The highest BCUT2D eigenvalue weighted by atomic mass is 79.9. The summed E-state index contributed by atoms with van der Waals surface area (Å²) < 4.78 is 13.2. The molecule has 0 aromatic heterocycles. The van der Waals surface area contributed by atoms with E-state index in [9.17, 15) is 4.39 Å². The highest BCUT2D eigenvalue weighted by Crippen LogP contribution is 2.42. The second-order valence-corrected chi connectivity index (χ2v) is 6.75. The van der Waals surface area contributed by atoms with Crippen LogP contribution >= 0.6 is 27.5 Å². The lowest BCUT2D eigenvalue weighted by Gasteiger charge is -2.30. The highest BCUT2D eigenvalue weighted by molar-refractivity contribution is 9.09. The molecule has 20 heavy (non-hydrogen) atoms. The van der Waals surface area contributed by atoms with Crippen molar-refractivity contribution in [1.29, 1.82) is 0 Å². The van der Waals surface area contributed by atoms with Crippen LogP contribution in [0.5, 0.6) is 0 Å². The van der Waals surface area contributed by atoms with Crippen LogP contribution in [-0.4, -0.2) is 0 Å². The molecule has 0 bridgehead atoms. The number of benzene rings is 2. The van der Waals surface area contributed by atoms with E-state index in [1.807, 2.05) is 6.07 Å². The van der Waals surface area contributed by atoms with E-state index in [2.05, 4.69) is 40.2 Å². The molecule has 3 heteroatoms.